The molecular weight excluding hydrogens is 392 g/mol. The third-order valence-electron chi connectivity index (χ3n) is 5.04. The van der Waals surface area contributed by atoms with E-state index in [0.29, 0.717) is 11.4 Å². The van der Waals surface area contributed by atoms with E-state index < -0.39 is 0 Å². The first kappa shape index (κ1) is 18.7. The van der Waals surface area contributed by atoms with Gasteiger partial charge in [-0.05, 0) is 47.2 Å². The molecule has 2 heterocycles. The maximum atomic E-state index is 12.7. The van der Waals surface area contributed by atoms with Gasteiger partial charge in [-0.2, -0.15) is 0 Å². The first-order chi connectivity index (χ1) is 15.2. The van der Waals surface area contributed by atoms with Gasteiger partial charge in [0.15, 0.2) is 5.76 Å². The van der Waals surface area contributed by atoms with Crippen molar-refractivity contribution in [1.82, 2.24) is 0 Å². The molecule has 0 aliphatic heterocycles. The van der Waals surface area contributed by atoms with Crippen LogP contribution >= 0.6 is 0 Å². The van der Waals surface area contributed by atoms with E-state index in [-0.39, 0.29) is 24.0 Å². The minimum absolute atomic E-state index is 0.171. The number of hydrogen-bond donors (Lipinski definition) is 2. The quantitative estimate of drug-likeness (QED) is 0.394. The van der Waals surface area contributed by atoms with Crippen LogP contribution in [0.2, 0.25) is 0 Å². The highest BCUT2D eigenvalue weighted by atomic mass is 16.3. The molecule has 31 heavy (non-hydrogen) atoms. The fourth-order valence-corrected chi connectivity index (χ4v) is 3.66. The molecule has 0 bridgehead atoms. The maximum Gasteiger partial charge on any atom is 0.291 e. The van der Waals surface area contributed by atoms with Gasteiger partial charge in [0.25, 0.3) is 5.91 Å². The highest BCUT2D eigenvalue weighted by Gasteiger charge is 2.14. The summed E-state index contributed by atoms with van der Waals surface area (Å²) in [6.45, 7) is 0. The van der Waals surface area contributed by atoms with Crippen molar-refractivity contribution in [2.75, 3.05) is 10.6 Å². The van der Waals surface area contributed by atoms with Crippen LogP contribution in [0, 0.1) is 0 Å². The molecule has 0 saturated carbocycles. The van der Waals surface area contributed by atoms with Crippen LogP contribution in [0.15, 0.2) is 94.2 Å². The zero-order valence-electron chi connectivity index (χ0n) is 16.4. The normalized spacial score (nSPS) is 11.0. The lowest BCUT2D eigenvalue weighted by atomic mass is 10.0. The number of rotatable bonds is 5. The highest BCUT2D eigenvalue weighted by molar-refractivity contribution is 6.09. The number of fused-ring (bicyclic) bond motifs is 3. The summed E-state index contributed by atoms with van der Waals surface area (Å²) in [4.78, 5) is 24.9. The Morgan fingerprint density at radius 1 is 0.806 bits per heavy atom. The number of furan rings is 2. The van der Waals surface area contributed by atoms with Gasteiger partial charge >= 0.3 is 0 Å². The van der Waals surface area contributed by atoms with Crippen molar-refractivity contribution < 1.29 is 18.4 Å². The number of hydrogen-bond acceptors (Lipinski definition) is 4. The summed E-state index contributed by atoms with van der Waals surface area (Å²) < 4.78 is 10.8. The summed E-state index contributed by atoms with van der Waals surface area (Å²) in [5.74, 6) is -0.316. The molecule has 2 amide bonds. The smallest absolute Gasteiger partial charge is 0.291 e. The minimum Gasteiger partial charge on any atom is -0.464 e. The summed E-state index contributed by atoms with van der Waals surface area (Å²) in [5, 5.41) is 8.74. The number of anilines is 2. The Labute approximate surface area is 177 Å². The summed E-state index contributed by atoms with van der Waals surface area (Å²) in [6, 6.07) is 22.1. The molecule has 0 unspecified atom stereocenters. The van der Waals surface area contributed by atoms with E-state index in [1.807, 2.05) is 36.4 Å². The lowest BCUT2D eigenvalue weighted by Crippen LogP contribution is -2.15. The van der Waals surface area contributed by atoms with Crippen LogP contribution in [0.4, 0.5) is 11.4 Å². The average Bonchev–Trinajstić information content (AvgIpc) is 3.45. The number of nitrogens with one attached hydrogen (secondary N) is 2. The average molecular weight is 410 g/mol. The van der Waals surface area contributed by atoms with Gasteiger partial charge in [0, 0.05) is 22.3 Å². The number of carbonyl (C=O) groups is 2. The van der Waals surface area contributed by atoms with E-state index in [2.05, 4.69) is 10.6 Å². The van der Waals surface area contributed by atoms with E-state index in [1.165, 1.54) is 6.26 Å². The third-order valence-corrected chi connectivity index (χ3v) is 5.04. The fraction of sp³-hybridized carbons (Fsp3) is 0.0400. The Bertz CT molecular complexity index is 1400. The molecule has 0 spiro atoms. The molecule has 6 nitrogen and oxygen atoms in total. The summed E-state index contributed by atoms with van der Waals surface area (Å²) in [6.07, 6.45) is 3.25. The second kappa shape index (κ2) is 7.84. The Kier molecular flexibility index (Phi) is 4.72. The summed E-state index contributed by atoms with van der Waals surface area (Å²) in [5.41, 5.74) is 2.72. The van der Waals surface area contributed by atoms with Crippen molar-refractivity contribution >= 4 is 44.9 Å². The van der Waals surface area contributed by atoms with Gasteiger partial charge in [-0.25, -0.2) is 0 Å². The predicted molar refractivity (Wildman–Crippen MR) is 119 cm³/mol. The van der Waals surface area contributed by atoms with Crippen molar-refractivity contribution in [2.24, 2.45) is 0 Å². The second-order valence-electron chi connectivity index (χ2n) is 7.16. The van der Waals surface area contributed by atoms with Crippen LogP contribution < -0.4 is 10.6 Å². The predicted octanol–water partition coefficient (Wildman–Crippen LogP) is 5.61. The standard InChI is InChI=1S/C25H18N2O4/c28-23(13-17-15-31-21-11-10-16-5-1-2-8-20(16)24(17)21)26-18-6-3-7-19(14-18)27-25(29)22-9-4-12-30-22/h1-12,14-15H,13H2,(H,26,28)(H,27,29). The zero-order chi connectivity index (χ0) is 21.2. The summed E-state index contributed by atoms with van der Waals surface area (Å²) in [7, 11) is 0. The van der Waals surface area contributed by atoms with E-state index in [4.69, 9.17) is 8.83 Å². The van der Waals surface area contributed by atoms with Crippen LogP contribution in [0.25, 0.3) is 21.7 Å². The third kappa shape index (κ3) is 3.79. The van der Waals surface area contributed by atoms with Gasteiger partial charge in [-0.1, -0.05) is 36.4 Å². The Hall–Kier alpha value is -4.32. The van der Waals surface area contributed by atoms with Crippen molar-refractivity contribution in [2.45, 2.75) is 6.42 Å². The molecule has 0 fully saturated rings. The molecule has 6 heteroatoms. The largest absolute Gasteiger partial charge is 0.464 e. The maximum absolute atomic E-state index is 12.7. The molecule has 3 aromatic carbocycles. The number of amides is 2. The molecule has 2 N–H and O–H groups in total. The monoisotopic (exact) mass is 410 g/mol. The van der Waals surface area contributed by atoms with Gasteiger partial charge in [-0.15, -0.1) is 0 Å². The van der Waals surface area contributed by atoms with Crippen LogP contribution in [0.3, 0.4) is 0 Å². The molecular formula is C25H18N2O4. The first-order valence-corrected chi connectivity index (χ1v) is 9.80. The van der Waals surface area contributed by atoms with Gasteiger partial charge in [0.05, 0.1) is 18.9 Å². The SMILES string of the molecule is O=C(Cc1coc2ccc3ccccc3c12)Nc1cccc(NC(=O)c2ccco2)c1. The molecule has 0 aliphatic carbocycles. The van der Waals surface area contributed by atoms with E-state index in [9.17, 15) is 9.59 Å². The number of benzene rings is 3. The molecule has 152 valence electrons. The van der Waals surface area contributed by atoms with E-state index in [1.54, 1.807) is 42.7 Å². The molecule has 5 rings (SSSR count). The minimum atomic E-state index is -0.356. The second-order valence-corrected chi connectivity index (χ2v) is 7.16. The summed E-state index contributed by atoms with van der Waals surface area (Å²) >= 11 is 0. The van der Waals surface area contributed by atoms with Crippen molar-refractivity contribution in [3.8, 4) is 0 Å². The molecule has 0 aliphatic rings. The zero-order valence-corrected chi connectivity index (χ0v) is 16.4. The van der Waals surface area contributed by atoms with E-state index in [0.717, 1.165) is 27.3 Å². The van der Waals surface area contributed by atoms with Crippen LogP contribution in [-0.4, -0.2) is 11.8 Å². The van der Waals surface area contributed by atoms with Crippen molar-refractivity contribution in [3.05, 3.63) is 96.6 Å². The van der Waals surface area contributed by atoms with Crippen molar-refractivity contribution in [1.29, 1.82) is 0 Å². The van der Waals surface area contributed by atoms with Gasteiger partial charge in [-0.3, -0.25) is 9.59 Å². The van der Waals surface area contributed by atoms with Gasteiger partial charge < -0.3 is 19.5 Å². The van der Waals surface area contributed by atoms with Crippen LogP contribution in [0.1, 0.15) is 16.1 Å². The number of carbonyl (C=O) groups excluding carboxylic acids is 2. The Morgan fingerprint density at radius 3 is 2.48 bits per heavy atom. The van der Waals surface area contributed by atoms with Gasteiger partial charge in [0.2, 0.25) is 5.91 Å². The molecule has 2 aromatic heterocycles. The Morgan fingerprint density at radius 2 is 1.65 bits per heavy atom. The van der Waals surface area contributed by atoms with Crippen molar-refractivity contribution in [3.63, 3.8) is 0 Å². The molecule has 0 saturated heterocycles. The topological polar surface area (TPSA) is 84.5 Å². The lowest BCUT2D eigenvalue weighted by molar-refractivity contribution is -0.115. The van der Waals surface area contributed by atoms with E-state index >= 15 is 0 Å². The Balaban J connectivity index is 1.33. The molecule has 5 aromatic rings. The molecule has 0 radical (unpaired) electrons. The fourth-order valence-electron chi connectivity index (χ4n) is 3.66. The van der Waals surface area contributed by atoms with Crippen LogP contribution in [-0.2, 0) is 11.2 Å². The first-order valence-electron chi connectivity index (χ1n) is 9.80. The van der Waals surface area contributed by atoms with Gasteiger partial charge in [0.1, 0.15) is 5.58 Å². The molecule has 0 atom stereocenters. The lowest BCUT2D eigenvalue weighted by Gasteiger charge is -2.08. The highest BCUT2D eigenvalue weighted by Crippen LogP contribution is 2.30. The van der Waals surface area contributed by atoms with Crippen LogP contribution in [0.5, 0.6) is 0 Å².